The lowest BCUT2D eigenvalue weighted by molar-refractivity contribution is 0.195. The Morgan fingerprint density at radius 1 is 1.41 bits per heavy atom. The summed E-state index contributed by atoms with van der Waals surface area (Å²) in [5, 5.41) is 9.30. The van der Waals surface area contributed by atoms with Gasteiger partial charge in [-0.25, -0.2) is 4.79 Å². The van der Waals surface area contributed by atoms with Crippen molar-refractivity contribution in [2.45, 2.75) is 26.3 Å². The Morgan fingerprint density at radius 3 is 2.41 bits per heavy atom. The first-order valence-corrected chi connectivity index (χ1v) is 6.01. The Kier molecular flexibility index (Phi) is 3.98. The number of carboxylic acid groups (broad SMARTS) is 1. The number of carbonyl (C=O) groups is 1. The van der Waals surface area contributed by atoms with Crippen LogP contribution in [0.3, 0.4) is 0 Å². The van der Waals surface area contributed by atoms with E-state index in [4.69, 9.17) is 0 Å². The molecule has 0 spiro atoms. The zero-order valence-electron chi connectivity index (χ0n) is 10.2. The van der Waals surface area contributed by atoms with Gasteiger partial charge in [-0.2, -0.15) is 0 Å². The minimum absolute atomic E-state index is 0.495. The maximum atomic E-state index is 11.3. The average Bonchev–Trinajstić information content (AvgIpc) is 2.13. The molecule has 1 aromatic carbocycles. The van der Waals surface area contributed by atoms with Crippen molar-refractivity contribution in [2.24, 2.45) is 0 Å². The van der Waals surface area contributed by atoms with Gasteiger partial charge < -0.3 is 5.11 Å². The lowest BCUT2D eigenvalue weighted by atomic mass is 10.0. The Bertz CT molecular complexity index is 449. The smallest absolute Gasteiger partial charge is 0.412 e. The standard InChI is InChI=1S/C13H16BrNO2/c1-5-9-6-10(14)8-11(7-9)15(12(16)17)13(2,3)4/h5-8H,1H2,2-4H3,(H,16,17). The summed E-state index contributed by atoms with van der Waals surface area (Å²) >= 11 is 3.37. The Morgan fingerprint density at radius 2 is 2.00 bits per heavy atom. The highest BCUT2D eigenvalue weighted by Crippen LogP contribution is 2.28. The molecule has 0 saturated heterocycles. The molecule has 0 bridgehead atoms. The maximum absolute atomic E-state index is 11.3. The molecule has 0 fully saturated rings. The summed E-state index contributed by atoms with van der Waals surface area (Å²) in [4.78, 5) is 12.7. The van der Waals surface area contributed by atoms with Gasteiger partial charge in [0, 0.05) is 15.7 Å². The number of amides is 1. The van der Waals surface area contributed by atoms with E-state index in [1.54, 1.807) is 18.2 Å². The van der Waals surface area contributed by atoms with Crippen molar-refractivity contribution in [3.8, 4) is 0 Å². The molecule has 0 aromatic heterocycles. The van der Waals surface area contributed by atoms with Gasteiger partial charge >= 0.3 is 6.09 Å². The van der Waals surface area contributed by atoms with Crippen LogP contribution >= 0.6 is 15.9 Å². The maximum Gasteiger partial charge on any atom is 0.412 e. The number of nitrogens with zero attached hydrogens (tertiary/aromatic N) is 1. The number of benzene rings is 1. The first-order chi connectivity index (χ1) is 7.75. The molecule has 1 aromatic rings. The van der Waals surface area contributed by atoms with Crippen molar-refractivity contribution in [3.63, 3.8) is 0 Å². The topological polar surface area (TPSA) is 40.5 Å². The van der Waals surface area contributed by atoms with Gasteiger partial charge in [-0.15, -0.1) is 0 Å². The molecular weight excluding hydrogens is 282 g/mol. The van der Waals surface area contributed by atoms with Gasteiger partial charge in [0.25, 0.3) is 0 Å². The number of hydrogen-bond acceptors (Lipinski definition) is 1. The fourth-order valence-electron chi connectivity index (χ4n) is 1.63. The summed E-state index contributed by atoms with van der Waals surface area (Å²) in [7, 11) is 0. The fraction of sp³-hybridized carbons (Fsp3) is 0.308. The second-order valence-electron chi connectivity index (χ2n) is 4.74. The third-order valence-corrected chi connectivity index (χ3v) is 2.72. The highest BCUT2D eigenvalue weighted by Gasteiger charge is 2.28. The van der Waals surface area contributed by atoms with E-state index in [-0.39, 0.29) is 0 Å². The number of hydrogen-bond donors (Lipinski definition) is 1. The van der Waals surface area contributed by atoms with Crippen molar-refractivity contribution < 1.29 is 9.90 Å². The summed E-state index contributed by atoms with van der Waals surface area (Å²) in [6.07, 6.45) is 0.724. The molecule has 1 N–H and O–H groups in total. The molecule has 0 aliphatic heterocycles. The van der Waals surface area contributed by atoms with E-state index in [1.807, 2.05) is 26.8 Å². The molecule has 92 valence electrons. The number of anilines is 1. The van der Waals surface area contributed by atoms with Crippen molar-refractivity contribution in [1.82, 2.24) is 0 Å². The lowest BCUT2D eigenvalue weighted by Gasteiger charge is -2.33. The molecular formula is C13H16BrNO2. The average molecular weight is 298 g/mol. The van der Waals surface area contributed by atoms with Crippen molar-refractivity contribution >= 4 is 33.8 Å². The van der Waals surface area contributed by atoms with E-state index >= 15 is 0 Å². The van der Waals surface area contributed by atoms with Crippen molar-refractivity contribution in [2.75, 3.05) is 4.90 Å². The summed E-state index contributed by atoms with van der Waals surface area (Å²) in [6, 6.07) is 5.47. The van der Waals surface area contributed by atoms with Gasteiger partial charge in [0.1, 0.15) is 0 Å². The molecule has 0 saturated carbocycles. The summed E-state index contributed by atoms with van der Waals surface area (Å²) in [5.74, 6) is 0. The minimum atomic E-state index is -0.967. The second-order valence-corrected chi connectivity index (χ2v) is 5.65. The van der Waals surface area contributed by atoms with Crippen molar-refractivity contribution in [3.05, 3.63) is 34.8 Å². The predicted molar refractivity (Wildman–Crippen MR) is 74.5 cm³/mol. The second kappa shape index (κ2) is 4.92. The highest BCUT2D eigenvalue weighted by molar-refractivity contribution is 9.10. The first kappa shape index (κ1) is 13.8. The largest absolute Gasteiger partial charge is 0.465 e. The first-order valence-electron chi connectivity index (χ1n) is 5.22. The van der Waals surface area contributed by atoms with Crippen LogP contribution in [0.1, 0.15) is 26.3 Å². The normalized spacial score (nSPS) is 11.1. The van der Waals surface area contributed by atoms with Gasteiger partial charge in [0.15, 0.2) is 0 Å². The molecule has 3 nitrogen and oxygen atoms in total. The van der Waals surface area contributed by atoms with Crippen LogP contribution < -0.4 is 4.90 Å². The van der Waals surface area contributed by atoms with Gasteiger partial charge in [0.05, 0.1) is 0 Å². The summed E-state index contributed by atoms with van der Waals surface area (Å²) in [6.45, 7) is 9.26. The third kappa shape index (κ3) is 3.33. The van der Waals surface area contributed by atoms with Crippen LogP contribution in [0, 0.1) is 0 Å². The molecule has 1 rings (SSSR count). The van der Waals surface area contributed by atoms with Gasteiger partial charge in [0.2, 0.25) is 0 Å². The predicted octanol–water partition coefficient (Wildman–Crippen LogP) is 4.38. The number of rotatable bonds is 2. The molecule has 4 heteroatoms. The van der Waals surface area contributed by atoms with Crippen LogP contribution in [0.25, 0.3) is 6.08 Å². The van der Waals surface area contributed by atoms with E-state index in [0.717, 1.165) is 10.0 Å². The molecule has 0 radical (unpaired) electrons. The van der Waals surface area contributed by atoms with Crippen LogP contribution in [-0.2, 0) is 0 Å². The van der Waals surface area contributed by atoms with Gasteiger partial charge in [-0.1, -0.05) is 28.6 Å². The summed E-state index contributed by atoms with van der Waals surface area (Å²) < 4.78 is 0.834. The van der Waals surface area contributed by atoms with Crippen LogP contribution in [0.5, 0.6) is 0 Å². The van der Waals surface area contributed by atoms with Crippen molar-refractivity contribution in [1.29, 1.82) is 0 Å². The molecule has 17 heavy (non-hydrogen) atoms. The van der Waals surface area contributed by atoms with Crippen LogP contribution in [0.2, 0.25) is 0 Å². The van der Waals surface area contributed by atoms with E-state index in [9.17, 15) is 9.90 Å². The van der Waals surface area contributed by atoms with E-state index in [2.05, 4.69) is 22.5 Å². The quantitative estimate of drug-likeness (QED) is 0.880. The highest BCUT2D eigenvalue weighted by atomic mass is 79.9. The Hall–Kier alpha value is -1.29. The molecule has 0 aliphatic rings. The SMILES string of the molecule is C=Cc1cc(Br)cc(N(C(=O)O)C(C)(C)C)c1. The monoisotopic (exact) mass is 297 g/mol. The lowest BCUT2D eigenvalue weighted by Crippen LogP contribution is -2.45. The third-order valence-electron chi connectivity index (χ3n) is 2.26. The molecule has 0 atom stereocenters. The Labute approximate surface area is 110 Å². The van der Waals surface area contributed by atoms with E-state index in [1.165, 1.54) is 4.90 Å². The zero-order chi connectivity index (χ0) is 13.2. The fourth-order valence-corrected chi connectivity index (χ4v) is 2.13. The molecule has 0 heterocycles. The Balaban J connectivity index is 3.33. The van der Waals surface area contributed by atoms with Crippen LogP contribution in [0.15, 0.2) is 29.3 Å². The van der Waals surface area contributed by atoms with Crippen LogP contribution in [0.4, 0.5) is 10.5 Å². The zero-order valence-corrected chi connectivity index (χ0v) is 11.8. The molecule has 0 aliphatic carbocycles. The van der Waals surface area contributed by atoms with E-state index in [0.29, 0.717) is 5.69 Å². The van der Waals surface area contributed by atoms with Crippen LogP contribution in [-0.4, -0.2) is 16.7 Å². The number of halogens is 1. The summed E-state index contributed by atoms with van der Waals surface area (Å²) in [5.41, 5.74) is 1.02. The molecule has 1 amide bonds. The molecule has 0 unspecified atom stereocenters. The minimum Gasteiger partial charge on any atom is -0.465 e. The van der Waals surface area contributed by atoms with E-state index < -0.39 is 11.6 Å². The van der Waals surface area contributed by atoms with Gasteiger partial charge in [-0.05, 0) is 44.5 Å². The van der Waals surface area contributed by atoms with Gasteiger partial charge in [-0.3, -0.25) is 4.90 Å².